The van der Waals surface area contributed by atoms with Gasteiger partial charge in [-0.2, -0.15) is 18.4 Å². The van der Waals surface area contributed by atoms with E-state index in [0.717, 1.165) is 12.1 Å². The van der Waals surface area contributed by atoms with Crippen LogP contribution in [0.25, 0.3) is 0 Å². The quantitative estimate of drug-likeness (QED) is 0.486. The van der Waals surface area contributed by atoms with E-state index in [1.807, 2.05) is 0 Å². The van der Waals surface area contributed by atoms with Gasteiger partial charge in [-0.05, 0) is 36.4 Å². The molecule has 0 atom stereocenters. The maximum atomic E-state index is 13.6. The summed E-state index contributed by atoms with van der Waals surface area (Å²) in [5.41, 5.74) is -5.22. The van der Waals surface area contributed by atoms with Crippen LogP contribution in [0.4, 0.5) is 17.6 Å². The molecule has 0 aliphatic heterocycles. The maximum Gasteiger partial charge on any atom is 0.446 e. The Morgan fingerprint density at radius 2 is 2.10 bits per heavy atom. The van der Waals surface area contributed by atoms with Crippen molar-refractivity contribution in [2.75, 3.05) is 6.61 Å². The van der Waals surface area contributed by atoms with Gasteiger partial charge in [-0.15, -0.1) is 0 Å². The van der Waals surface area contributed by atoms with Crippen molar-refractivity contribution >= 4 is 17.7 Å². The molecule has 0 fully saturated rings. The first-order valence-electron chi connectivity index (χ1n) is 5.41. The van der Waals surface area contributed by atoms with Crippen LogP contribution in [0.15, 0.2) is 17.0 Å². The predicted molar refractivity (Wildman–Crippen MR) is 63.4 cm³/mol. The third kappa shape index (κ3) is 4.42. The van der Waals surface area contributed by atoms with Crippen molar-refractivity contribution in [3.63, 3.8) is 0 Å². The Balaban J connectivity index is 3.26. The number of nitriles is 1. The van der Waals surface area contributed by atoms with Gasteiger partial charge in [0.2, 0.25) is 0 Å². The molecular formula is C12H9F4NO2S. The fraction of sp³-hybridized carbons (Fsp3) is 0.333. The van der Waals surface area contributed by atoms with Crippen LogP contribution in [0, 0.1) is 17.1 Å². The van der Waals surface area contributed by atoms with Gasteiger partial charge in [-0.3, -0.25) is 4.79 Å². The SMILES string of the molecule is CCOC(=O)Cc1c(C#N)ccc(F)c1SC(F)(F)F. The van der Waals surface area contributed by atoms with Crippen molar-refractivity contribution in [3.05, 3.63) is 29.1 Å². The summed E-state index contributed by atoms with van der Waals surface area (Å²) in [5.74, 6) is -1.95. The zero-order chi connectivity index (χ0) is 15.3. The van der Waals surface area contributed by atoms with E-state index in [4.69, 9.17) is 5.26 Å². The number of carbonyl (C=O) groups is 1. The van der Waals surface area contributed by atoms with Crippen molar-refractivity contribution in [1.29, 1.82) is 5.26 Å². The number of nitrogens with zero attached hydrogens (tertiary/aromatic N) is 1. The molecule has 3 nitrogen and oxygen atoms in total. The smallest absolute Gasteiger partial charge is 0.446 e. The van der Waals surface area contributed by atoms with Gasteiger partial charge in [0.15, 0.2) is 0 Å². The summed E-state index contributed by atoms with van der Waals surface area (Å²) in [6.45, 7) is 1.57. The van der Waals surface area contributed by atoms with Crippen LogP contribution in [0.1, 0.15) is 18.1 Å². The molecular weight excluding hydrogens is 298 g/mol. The molecule has 0 aliphatic carbocycles. The highest BCUT2D eigenvalue weighted by Crippen LogP contribution is 2.41. The molecule has 0 saturated carbocycles. The molecule has 0 N–H and O–H groups in total. The van der Waals surface area contributed by atoms with E-state index >= 15 is 0 Å². The van der Waals surface area contributed by atoms with Crippen LogP contribution in [0.3, 0.4) is 0 Å². The van der Waals surface area contributed by atoms with E-state index < -0.39 is 40.4 Å². The van der Waals surface area contributed by atoms with Crippen LogP contribution in [-0.2, 0) is 16.0 Å². The molecule has 1 aromatic rings. The average Bonchev–Trinajstić information content (AvgIpc) is 2.33. The molecule has 0 spiro atoms. The monoisotopic (exact) mass is 307 g/mol. The zero-order valence-corrected chi connectivity index (χ0v) is 11.1. The third-order valence-electron chi connectivity index (χ3n) is 2.18. The summed E-state index contributed by atoms with van der Waals surface area (Å²) in [4.78, 5) is 10.6. The van der Waals surface area contributed by atoms with Gasteiger partial charge >= 0.3 is 11.5 Å². The first-order chi connectivity index (χ1) is 9.28. The van der Waals surface area contributed by atoms with Crippen LogP contribution >= 0.6 is 11.8 Å². The van der Waals surface area contributed by atoms with Gasteiger partial charge in [0.25, 0.3) is 0 Å². The number of thioether (sulfide) groups is 1. The van der Waals surface area contributed by atoms with Gasteiger partial charge in [0.1, 0.15) is 5.82 Å². The second kappa shape index (κ2) is 6.61. The molecule has 108 valence electrons. The minimum Gasteiger partial charge on any atom is -0.466 e. The number of hydrogen-bond donors (Lipinski definition) is 0. The molecule has 0 unspecified atom stereocenters. The highest BCUT2D eigenvalue weighted by Gasteiger charge is 2.33. The largest absolute Gasteiger partial charge is 0.466 e. The van der Waals surface area contributed by atoms with E-state index in [9.17, 15) is 22.4 Å². The highest BCUT2D eigenvalue weighted by molar-refractivity contribution is 8.00. The van der Waals surface area contributed by atoms with Crippen molar-refractivity contribution in [2.24, 2.45) is 0 Å². The van der Waals surface area contributed by atoms with E-state index in [2.05, 4.69) is 4.74 Å². The first kappa shape index (κ1) is 16.3. The topological polar surface area (TPSA) is 50.1 Å². The van der Waals surface area contributed by atoms with Crippen LogP contribution in [-0.4, -0.2) is 18.1 Å². The first-order valence-corrected chi connectivity index (χ1v) is 6.23. The zero-order valence-electron chi connectivity index (χ0n) is 10.3. The second-order valence-electron chi connectivity index (χ2n) is 3.54. The minimum absolute atomic E-state index is 0.0395. The molecule has 0 amide bonds. The lowest BCUT2D eigenvalue weighted by Crippen LogP contribution is -2.12. The van der Waals surface area contributed by atoms with E-state index in [1.54, 1.807) is 6.07 Å². The lowest BCUT2D eigenvalue weighted by Gasteiger charge is -2.13. The normalized spacial score (nSPS) is 11.0. The van der Waals surface area contributed by atoms with Crippen LogP contribution in [0.2, 0.25) is 0 Å². The number of hydrogen-bond acceptors (Lipinski definition) is 4. The summed E-state index contributed by atoms with van der Waals surface area (Å²) in [6, 6.07) is 3.44. The van der Waals surface area contributed by atoms with E-state index in [-0.39, 0.29) is 17.7 Å². The number of benzene rings is 1. The Morgan fingerprint density at radius 3 is 2.60 bits per heavy atom. The third-order valence-corrected chi connectivity index (χ3v) is 3.05. The van der Waals surface area contributed by atoms with Gasteiger partial charge in [-0.25, -0.2) is 4.39 Å². The van der Waals surface area contributed by atoms with Crippen molar-refractivity contribution < 1.29 is 27.1 Å². The Hall–Kier alpha value is -1.75. The molecule has 0 aromatic heterocycles. The van der Waals surface area contributed by atoms with Crippen LogP contribution in [0.5, 0.6) is 0 Å². The minimum atomic E-state index is -4.72. The van der Waals surface area contributed by atoms with Gasteiger partial charge in [0.05, 0.1) is 29.6 Å². The number of halogens is 4. The van der Waals surface area contributed by atoms with Gasteiger partial charge in [-0.1, -0.05) is 0 Å². The Bertz CT molecular complexity index is 552. The lowest BCUT2D eigenvalue weighted by atomic mass is 10.1. The summed E-state index contributed by atoms with van der Waals surface area (Å²) in [7, 11) is 0. The molecule has 20 heavy (non-hydrogen) atoms. The van der Waals surface area contributed by atoms with Gasteiger partial charge < -0.3 is 4.74 Å². The lowest BCUT2D eigenvalue weighted by molar-refractivity contribution is -0.142. The second-order valence-corrected chi connectivity index (χ2v) is 4.62. The van der Waals surface area contributed by atoms with Gasteiger partial charge in [0, 0.05) is 0 Å². The molecule has 0 radical (unpaired) electrons. The molecule has 8 heteroatoms. The van der Waals surface area contributed by atoms with E-state index in [0.29, 0.717) is 0 Å². The molecule has 0 saturated heterocycles. The number of alkyl halides is 3. The van der Waals surface area contributed by atoms with E-state index in [1.165, 1.54) is 6.92 Å². The Kier molecular flexibility index (Phi) is 5.39. The molecule has 1 aromatic carbocycles. The number of carbonyl (C=O) groups excluding carboxylic acids is 1. The summed E-state index contributed by atoms with van der Waals surface area (Å²) < 4.78 is 55.4. The Morgan fingerprint density at radius 1 is 1.45 bits per heavy atom. The molecule has 0 bridgehead atoms. The standard InChI is InChI=1S/C12H9F4NO2S/c1-2-19-10(18)5-8-7(6-17)3-4-9(13)11(8)20-12(14,15)16/h3-4H,2,5H2,1H3. The number of rotatable bonds is 4. The number of ether oxygens (including phenoxy) is 1. The van der Waals surface area contributed by atoms with Crippen molar-refractivity contribution in [2.45, 2.75) is 23.7 Å². The van der Waals surface area contributed by atoms with Crippen molar-refractivity contribution in [3.8, 4) is 6.07 Å². The molecule has 1 rings (SSSR count). The Labute approximate surface area is 116 Å². The fourth-order valence-electron chi connectivity index (χ4n) is 1.46. The highest BCUT2D eigenvalue weighted by atomic mass is 32.2. The summed E-state index contributed by atoms with van der Waals surface area (Å²) >= 11 is -0.690. The molecule has 0 heterocycles. The van der Waals surface area contributed by atoms with Crippen LogP contribution < -0.4 is 0 Å². The fourth-order valence-corrected chi connectivity index (χ4v) is 2.16. The summed E-state index contributed by atoms with van der Waals surface area (Å²) in [6.07, 6.45) is -0.590. The maximum absolute atomic E-state index is 13.6. The van der Waals surface area contributed by atoms with Crippen molar-refractivity contribution in [1.82, 2.24) is 0 Å². The predicted octanol–water partition coefficient (Wildman–Crippen LogP) is 3.41. The average molecular weight is 307 g/mol. The molecule has 0 aliphatic rings. The summed E-state index contributed by atoms with van der Waals surface area (Å²) in [5, 5.41) is 8.86. The number of esters is 1.